The number of anilines is 4. The van der Waals surface area contributed by atoms with Crippen LogP contribution in [0, 0.1) is 27.7 Å². The van der Waals surface area contributed by atoms with Gasteiger partial charge in [0, 0.05) is 50.6 Å². The summed E-state index contributed by atoms with van der Waals surface area (Å²) in [6.45, 7) is 19.3. The van der Waals surface area contributed by atoms with Crippen molar-refractivity contribution >= 4 is 46.4 Å². The lowest BCUT2D eigenvalue weighted by Crippen LogP contribution is -2.14. The third kappa shape index (κ3) is 19.1. The van der Waals surface area contributed by atoms with Crippen LogP contribution in [-0.2, 0) is 12.8 Å². The second-order valence-electron chi connectivity index (χ2n) is 17.6. The number of hydrogen-bond acceptors (Lipinski definition) is 8. The van der Waals surface area contributed by atoms with Crippen molar-refractivity contribution in [2.24, 2.45) is 0 Å². The Morgan fingerprint density at radius 3 is 1.27 bits per heavy atom. The Morgan fingerprint density at radius 2 is 0.844 bits per heavy atom. The van der Waals surface area contributed by atoms with Crippen LogP contribution in [0.3, 0.4) is 0 Å². The zero-order chi connectivity index (χ0) is 55.7. The molecule has 0 saturated carbocycles. The highest BCUT2D eigenvalue weighted by Crippen LogP contribution is 2.24. The van der Waals surface area contributed by atoms with E-state index in [0.29, 0.717) is 53.0 Å². The number of aryl methyl sites for hydroxylation is 4. The topological polar surface area (TPSA) is 186 Å². The summed E-state index contributed by atoms with van der Waals surface area (Å²) in [6, 6.07) is 53.5. The number of phenolic OH excluding ortho intramolecular Hbond substituents is 3. The zero-order valence-electron chi connectivity index (χ0n) is 43.7. The molecule has 12 nitrogen and oxygen atoms in total. The van der Waals surface area contributed by atoms with Crippen molar-refractivity contribution in [3.8, 4) is 23.0 Å². The summed E-state index contributed by atoms with van der Waals surface area (Å²) >= 11 is 0. The molecule has 0 aliphatic carbocycles. The summed E-state index contributed by atoms with van der Waals surface area (Å²) in [4.78, 5) is 48.3. The fraction of sp³-hybridized carbons (Fsp3) is 0.108. The highest BCUT2D eigenvalue weighted by Gasteiger charge is 2.15. The summed E-state index contributed by atoms with van der Waals surface area (Å²) in [5.74, 6) is 0.101. The minimum absolute atomic E-state index is 0.0848. The van der Waals surface area contributed by atoms with Crippen molar-refractivity contribution in [2.75, 3.05) is 27.9 Å². The molecule has 8 rings (SSSR count). The molecule has 0 atom stereocenters. The van der Waals surface area contributed by atoms with E-state index in [1.807, 2.05) is 131 Å². The average Bonchev–Trinajstić information content (AvgIpc) is 3.42. The van der Waals surface area contributed by atoms with Crippen molar-refractivity contribution in [2.45, 2.75) is 40.5 Å². The molecule has 8 aromatic rings. The first kappa shape index (κ1) is 58.0. The van der Waals surface area contributed by atoms with Gasteiger partial charge in [0.25, 0.3) is 23.6 Å². The van der Waals surface area contributed by atoms with Crippen LogP contribution in [0.25, 0.3) is 0 Å². The molecular weight excluding hydrogens is 965 g/mol. The van der Waals surface area contributed by atoms with E-state index >= 15 is 0 Å². The number of rotatable bonds is 15. The highest BCUT2D eigenvalue weighted by atomic mass is 16.5. The van der Waals surface area contributed by atoms with E-state index in [2.05, 4.69) is 41.0 Å². The molecule has 8 aromatic carbocycles. The second-order valence-corrected chi connectivity index (χ2v) is 17.6. The maximum atomic E-state index is 12.3. The molecule has 0 spiro atoms. The summed E-state index contributed by atoms with van der Waals surface area (Å²) < 4.78 is 5.41. The van der Waals surface area contributed by atoms with Crippen molar-refractivity contribution in [1.29, 1.82) is 0 Å². The largest absolute Gasteiger partial charge is 0.508 e. The van der Waals surface area contributed by atoms with Crippen molar-refractivity contribution < 1.29 is 39.2 Å². The smallest absolute Gasteiger partial charge is 0.256 e. The van der Waals surface area contributed by atoms with E-state index in [-0.39, 0.29) is 40.9 Å². The number of carbonyl (C=O) groups is 4. The third-order valence-corrected chi connectivity index (χ3v) is 11.3. The Hall–Kier alpha value is -9.94. The molecule has 0 heterocycles. The molecule has 0 saturated heterocycles. The number of aromatic hydroxyl groups is 3. The van der Waals surface area contributed by atoms with E-state index in [1.165, 1.54) is 18.2 Å². The number of allylic oxidation sites excluding steroid dienone is 2. The molecule has 0 bridgehead atoms. The van der Waals surface area contributed by atoms with Gasteiger partial charge in [0.1, 0.15) is 29.6 Å². The van der Waals surface area contributed by atoms with Gasteiger partial charge in [0.05, 0.1) is 0 Å². The molecule has 7 N–H and O–H groups in total. The monoisotopic (exact) mass is 1030 g/mol. The Balaban J connectivity index is 0.000000190. The quantitative estimate of drug-likeness (QED) is 0.0494. The van der Waals surface area contributed by atoms with Crippen LogP contribution < -0.4 is 26.0 Å². The van der Waals surface area contributed by atoms with Gasteiger partial charge in [-0.1, -0.05) is 120 Å². The average molecular weight is 1030 g/mol. The Kier molecular flexibility index (Phi) is 22.3. The van der Waals surface area contributed by atoms with Gasteiger partial charge in [-0.3, -0.25) is 19.2 Å². The maximum Gasteiger partial charge on any atom is 0.256 e. The predicted molar refractivity (Wildman–Crippen MR) is 311 cm³/mol. The van der Waals surface area contributed by atoms with E-state index < -0.39 is 0 Å². The van der Waals surface area contributed by atoms with Gasteiger partial charge in [-0.2, -0.15) is 0 Å². The SMILES string of the molecule is C=CCOc1cccc(C(=O)Nc2ccc(C)cc2)c1.C=CCc1c(O)cccc1C(=O)Nc1ccc(C)cc1.C=CCc1ccc(C(=O)Nc2ccc(C)cc2)cc1O.Cc1ccc(NC(=O)c2cccc(O)c2)cc1. The summed E-state index contributed by atoms with van der Waals surface area (Å²) in [7, 11) is 0. The van der Waals surface area contributed by atoms with Crippen LogP contribution >= 0.6 is 0 Å². The number of nitrogens with one attached hydrogen (secondary N) is 4. The number of benzene rings is 8. The van der Waals surface area contributed by atoms with Crippen LogP contribution in [0.15, 0.2) is 220 Å². The number of phenols is 3. The molecule has 0 radical (unpaired) electrons. The Morgan fingerprint density at radius 1 is 0.429 bits per heavy atom. The van der Waals surface area contributed by atoms with Crippen LogP contribution in [0.4, 0.5) is 22.7 Å². The molecule has 0 aliphatic rings. The second kappa shape index (κ2) is 29.7. The Labute approximate surface area is 450 Å². The van der Waals surface area contributed by atoms with Gasteiger partial charge >= 0.3 is 0 Å². The number of hydrogen-bond donors (Lipinski definition) is 7. The first-order valence-corrected chi connectivity index (χ1v) is 24.5. The standard InChI is InChI=1S/3C17H17NO2.C14H13NO2/c1-3-11-20-16-6-4-5-14(12-16)17(19)18-15-9-7-13(2)8-10-15;1-3-5-14-15(6-4-7-16(14)19)17(20)18-13-10-8-12(2)9-11-13;1-3-4-13-7-8-14(11-16(13)19)17(20)18-15-9-5-12(2)6-10-15;1-10-5-7-12(8-6-10)15-14(17)11-3-2-4-13(16)9-11/h3-10,12H,1,11H2,2H3,(H,18,19);3-4,6-11,19H,1,5H2,2H3,(H,18,20);3,5-11,19H,1,4H2,2H3,(H,18,20);2-9,16H,1H3,(H,15,17). The molecule has 12 heteroatoms. The normalized spacial score (nSPS) is 9.97. The van der Waals surface area contributed by atoms with Gasteiger partial charge in [0.2, 0.25) is 0 Å². The zero-order valence-corrected chi connectivity index (χ0v) is 43.7. The van der Waals surface area contributed by atoms with E-state index in [4.69, 9.17) is 4.74 Å². The number of amides is 4. The van der Waals surface area contributed by atoms with Crippen LogP contribution in [0.1, 0.15) is 74.8 Å². The van der Waals surface area contributed by atoms with Crippen molar-refractivity contribution in [1.82, 2.24) is 0 Å². The highest BCUT2D eigenvalue weighted by molar-refractivity contribution is 6.07. The lowest BCUT2D eigenvalue weighted by molar-refractivity contribution is 0.101. The molecule has 0 unspecified atom stereocenters. The molecule has 392 valence electrons. The maximum absolute atomic E-state index is 12.3. The van der Waals surface area contributed by atoms with Gasteiger partial charge < -0.3 is 41.3 Å². The van der Waals surface area contributed by atoms with Crippen LogP contribution in [0.2, 0.25) is 0 Å². The molecule has 77 heavy (non-hydrogen) atoms. The molecule has 0 aliphatic heterocycles. The molecule has 4 amide bonds. The predicted octanol–water partition coefficient (Wildman–Crippen LogP) is 14.1. The summed E-state index contributed by atoms with van der Waals surface area (Å²) in [6.07, 6.45) is 6.06. The van der Waals surface area contributed by atoms with Gasteiger partial charge in [0.15, 0.2) is 0 Å². The van der Waals surface area contributed by atoms with Crippen molar-refractivity contribution in [3.05, 3.63) is 276 Å². The minimum atomic E-state index is -0.241. The summed E-state index contributed by atoms with van der Waals surface area (Å²) in [5, 5.41) is 40.2. The van der Waals surface area contributed by atoms with Crippen molar-refractivity contribution in [3.63, 3.8) is 0 Å². The van der Waals surface area contributed by atoms with Gasteiger partial charge in [-0.25, -0.2) is 0 Å². The minimum Gasteiger partial charge on any atom is -0.508 e. The van der Waals surface area contributed by atoms with Crippen LogP contribution in [-0.4, -0.2) is 45.6 Å². The fourth-order valence-electron chi connectivity index (χ4n) is 7.06. The molecule has 0 fully saturated rings. The van der Waals surface area contributed by atoms with E-state index in [0.717, 1.165) is 50.6 Å². The summed E-state index contributed by atoms with van der Waals surface area (Å²) in [5.41, 5.74) is 10.8. The van der Waals surface area contributed by atoms with E-state index in [1.54, 1.807) is 78.9 Å². The van der Waals surface area contributed by atoms with Gasteiger partial charge in [-0.05, 0) is 155 Å². The Bertz CT molecular complexity index is 3280. The first-order chi connectivity index (χ1) is 37.0. The van der Waals surface area contributed by atoms with Gasteiger partial charge in [-0.15, -0.1) is 13.2 Å². The molecular formula is C65H64N4O8. The third-order valence-electron chi connectivity index (χ3n) is 11.3. The lowest BCUT2D eigenvalue weighted by atomic mass is 10.0. The first-order valence-electron chi connectivity index (χ1n) is 24.5. The fourth-order valence-corrected chi connectivity index (χ4v) is 7.06. The number of carbonyl (C=O) groups excluding carboxylic acids is 4. The van der Waals surface area contributed by atoms with Crippen LogP contribution in [0.5, 0.6) is 23.0 Å². The van der Waals surface area contributed by atoms with E-state index in [9.17, 15) is 34.5 Å². The number of ether oxygens (including phenoxy) is 1. The molecule has 0 aromatic heterocycles. The lowest BCUT2D eigenvalue weighted by Gasteiger charge is -2.10.